The zero-order valence-corrected chi connectivity index (χ0v) is 13.6. The number of morpholine rings is 1. The Morgan fingerprint density at radius 1 is 0.958 bits per heavy atom. The summed E-state index contributed by atoms with van der Waals surface area (Å²) in [5.74, 6) is 2.02. The molecule has 2 aromatic carbocycles. The van der Waals surface area contributed by atoms with Gasteiger partial charge in [-0.25, -0.2) is 0 Å². The van der Waals surface area contributed by atoms with Crippen molar-refractivity contribution in [2.45, 2.75) is 6.10 Å². The highest BCUT2D eigenvalue weighted by molar-refractivity contribution is 5.42. The van der Waals surface area contributed by atoms with E-state index in [-0.39, 0.29) is 6.61 Å². The topological polar surface area (TPSA) is 51.2 Å². The summed E-state index contributed by atoms with van der Waals surface area (Å²) in [6.07, 6.45) is -0.548. The molecule has 5 heteroatoms. The molecule has 2 aromatic rings. The predicted octanol–water partition coefficient (Wildman–Crippen LogP) is 2.55. The smallest absolute Gasteiger partial charge is 0.169 e. The van der Waals surface area contributed by atoms with Gasteiger partial charge in [-0.15, -0.1) is 0 Å². The van der Waals surface area contributed by atoms with Crippen molar-refractivity contribution < 1.29 is 19.3 Å². The summed E-state index contributed by atoms with van der Waals surface area (Å²) in [5, 5.41) is 10.2. The number of aliphatic hydroxyl groups is 1. The quantitative estimate of drug-likeness (QED) is 0.846. The van der Waals surface area contributed by atoms with Crippen LogP contribution in [0.5, 0.6) is 17.2 Å². The molecule has 1 aliphatic rings. The molecular formula is C19H23NO4. The summed E-state index contributed by atoms with van der Waals surface area (Å²) in [7, 11) is 0. The van der Waals surface area contributed by atoms with E-state index in [4.69, 9.17) is 14.2 Å². The van der Waals surface area contributed by atoms with Gasteiger partial charge in [-0.2, -0.15) is 0 Å². The zero-order chi connectivity index (χ0) is 16.6. The van der Waals surface area contributed by atoms with E-state index in [0.29, 0.717) is 18.0 Å². The highest BCUT2D eigenvalue weighted by atomic mass is 16.5. The third-order valence-corrected chi connectivity index (χ3v) is 3.82. The Bertz CT molecular complexity index is 614. The summed E-state index contributed by atoms with van der Waals surface area (Å²) < 4.78 is 16.9. The van der Waals surface area contributed by atoms with Crippen LogP contribution in [0.4, 0.5) is 0 Å². The van der Waals surface area contributed by atoms with E-state index in [9.17, 15) is 5.11 Å². The van der Waals surface area contributed by atoms with Gasteiger partial charge in [0.1, 0.15) is 18.5 Å². The van der Waals surface area contributed by atoms with Crippen LogP contribution < -0.4 is 9.47 Å². The van der Waals surface area contributed by atoms with E-state index in [1.165, 1.54) is 0 Å². The normalized spacial score (nSPS) is 16.5. The van der Waals surface area contributed by atoms with Crippen LogP contribution in [0.3, 0.4) is 0 Å². The van der Waals surface area contributed by atoms with Crippen molar-refractivity contribution >= 4 is 0 Å². The Labute approximate surface area is 142 Å². The standard InChI is InChI=1S/C19H23NO4/c21-16(14-20-10-12-22-13-11-20)15-23-18-8-4-5-9-19(18)24-17-6-2-1-3-7-17/h1-9,16,21H,10-15H2. The molecule has 1 N–H and O–H groups in total. The van der Waals surface area contributed by atoms with Crippen molar-refractivity contribution in [2.75, 3.05) is 39.5 Å². The molecule has 0 saturated carbocycles. The van der Waals surface area contributed by atoms with Crippen LogP contribution in [0.15, 0.2) is 54.6 Å². The first-order chi connectivity index (χ1) is 11.8. The first-order valence-corrected chi connectivity index (χ1v) is 8.24. The molecular weight excluding hydrogens is 306 g/mol. The van der Waals surface area contributed by atoms with E-state index >= 15 is 0 Å². The molecule has 0 spiro atoms. The molecule has 1 unspecified atom stereocenters. The Morgan fingerprint density at radius 3 is 2.38 bits per heavy atom. The van der Waals surface area contributed by atoms with Crippen LogP contribution >= 0.6 is 0 Å². The van der Waals surface area contributed by atoms with Gasteiger partial charge in [0.2, 0.25) is 0 Å². The van der Waals surface area contributed by atoms with Gasteiger partial charge in [0.05, 0.1) is 13.2 Å². The van der Waals surface area contributed by atoms with Crippen molar-refractivity contribution in [2.24, 2.45) is 0 Å². The summed E-state index contributed by atoms with van der Waals surface area (Å²) in [6, 6.07) is 17.1. The average molecular weight is 329 g/mol. The molecule has 1 atom stereocenters. The van der Waals surface area contributed by atoms with Crippen molar-refractivity contribution in [1.82, 2.24) is 4.90 Å². The molecule has 5 nitrogen and oxygen atoms in total. The monoisotopic (exact) mass is 329 g/mol. The number of β-amino-alcohol motifs (C(OH)–C–C–N with tert-alkyl or cyclic N) is 1. The molecule has 1 fully saturated rings. The Kier molecular flexibility index (Phi) is 6.07. The van der Waals surface area contributed by atoms with Gasteiger partial charge in [0.25, 0.3) is 0 Å². The lowest BCUT2D eigenvalue weighted by Crippen LogP contribution is -2.42. The highest BCUT2D eigenvalue weighted by Gasteiger charge is 2.16. The average Bonchev–Trinajstić information content (AvgIpc) is 2.63. The maximum Gasteiger partial charge on any atom is 0.169 e. The molecule has 3 rings (SSSR count). The van der Waals surface area contributed by atoms with Crippen LogP contribution in [-0.2, 0) is 4.74 Å². The largest absolute Gasteiger partial charge is 0.487 e. The maximum absolute atomic E-state index is 10.2. The number of benzene rings is 2. The summed E-state index contributed by atoms with van der Waals surface area (Å²) in [5.41, 5.74) is 0. The summed E-state index contributed by atoms with van der Waals surface area (Å²) >= 11 is 0. The molecule has 0 radical (unpaired) electrons. The lowest BCUT2D eigenvalue weighted by Gasteiger charge is -2.28. The summed E-state index contributed by atoms with van der Waals surface area (Å²) in [6.45, 7) is 3.97. The van der Waals surface area contributed by atoms with Crippen LogP contribution in [0.2, 0.25) is 0 Å². The molecule has 0 aromatic heterocycles. The lowest BCUT2D eigenvalue weighted by molar-refractivity contribution is 0.00449. The minimum absolute atomic E-state index is 0.229. The van der Waals surface area contributed by atoms with Gasteiger partial charge in [0.15, 0.2) is 11.5 Å². The van der Waals surface area contributed by atoms with Crippen LogP contribution in [-0.4, -0.2) is 55.6 Å². The molecule has 24 heavy (non-hydrogen) atoms. The Morgan fingerprint density at radius 2 is 1.62 bits per heavy atom. The van der Waals surface area contributed by atoms with Crippen LogP contribution in [0.1, 0.15) is 0 Å². The third kappa shape index (κ3) is 4.96. The fourth-order valence-corrected chi connectivity index (χ4v) is 2.59. The first kappa shape index (κ1) is 16.8. The highest BCUT2D eigenvalue weighted by Crippen LogP contribution is 2.31. The zero-order valence-electron chi connectivity index (χ0n) is 13.6. The number of nitrogens with zero attached hydrogens (tertiary/aromatic N) is 1. The van der Waals surface area contributed by atoms with Crippen LogP contribution in [0.25, 0.3) is 0 Å². The lowest BCUT2D eigenvalue weighted by atomic mass is 10.3. The number of para-hydroxylation sites is 3. The van der Waals surface area contributed by atoms with Gasteiger partial charge in [-0.05, 0) is 24.3 Å². The molecule has 1 saturated heterocycles. The minimum atomic E-state index is -0.548. The van der Waals surface area contributed by atoms with Gasteiger partial charge < -0.3 is 19.3 Å². The maximum atomic E-state index is 10.2. The number of ether oxygens (including phenoxy) is 3. The second-order valence-electron chi connectivity index (χ2n) is 5.74. The fraction of sp³-hybridized carbons (Fsp3) is 0.368. The molecule has 0 amide bonds. The van der Waals surface area contributed by atoms with E-state index < -0.39 is 6.10 Å². The number of aliphatic hydroxyl groups excluding tert-OH is 1. The van der Waals surface area contributed by atoms with E-state index in [0.717, 1.165) is 32.1 Å². The number of hydrogen-bond donors (Lipinski definition) is 1. The third-order valence-electron chi connectivity index (χ3n) is 3.82. The fourth-order valence-electron chi connectivity index (χ4n) is 2.59. The van der Waals surface area contributed by atoms with Crippen molar-refractivity contribution in [3.63, 3.8) is 0 Å². The number of rotatable bonds is 7. The van der Waals surface area contributed by atoms with E-state index in [1.54, 1.807) is 0 Å². The van der Waals surface area contributed by atoms with Crippen molar-refractivity contribution in [3.05, 3.63) is 54.6 Å². The van der Waals surface area contributed by atoms with Gasteiger partial charge in [-0.1, -0.05) is 30.3 Å². The molecule has 128 valence electrons. The second kappa shape index (κ2) is 8.68. The van der Waals surface area contributed by atoms with E-state index in [2.05, 4.69) is 4.90 Å². The minimum Gasteiger partial charge on any atom is -0.487 e. The molecule has 0 bridgehead atoms. The van der Waals surface area contributed by atoms with Gasteiger partial charge in [0, 0.05) is 19.6 Å². The Balaban J connectivity index is 1.54. The van der Waals surface area contributed by atoms with Gasteiger partial charge >= 0.3 is 0 Å². The van der Waals surface area contributed by atoms with Crippen LogP contribution in [0, 0.1) is 0 Å². The van der Waals surface area contributed by atoms with Gasteiger partial charge in [-0.3, -0.25) is 4.90 Å². The molecule has 1 heterocycles. The first-order valence-electron chi connectivity index (χ1n) is 8.24. The van der Waals surface area contributed by atoms with Crippen molar-refractivity contribution in [3.8, 4) is 17.2 Å². The van der Waals surface area contributed by atoms with E-state index in [1.807, 2.05) is 54.6 Å². The van der Waals surface area contributed by atoms with Crippen molar-refractivity contribution in [1.29, 1.82) is 0 Å². The SMILES string of the molecule is OC(COc1ccccc1Oc1ccccc1)CN1CCOCC1. The predicted molar refractivity (Wildman–Crippen MR) is 91.7 cm³/mol. The Hall–Kier alpha value is -2.08. The summed E-state index contributed by atoms with van der Waals surface area (Å²) in [4.78, 5) is 2.18. The number of hydrogen-bond acceptors (Lipinski definition) is 5. The second-order valence-corrected chi connectivity index (χ2v) is 5.74. The molecule has 1 aliphatic heterocycles. The molecule has 0 aliphatic carbocycles.